The third-order valence-electron chi connectivity index (χ3n) is 4.51. The minimum Gasteiger partial charge on any atom is -0.497 e. The molecule has 1 fully saturated rings. The molecular formula is C19H16N2O5. The van der Waals surface area contributed by atoms with Gasteiger partial charge >= 0.3 is 0 Å². The lowest BCUT2D eigenvalue weighted by molar-refractivity contribution is -0.126. The Labute approximate surface area is 149 Å². The average Bonchev–Trinajstić information content (AvgIpc) is 3.22. The summed E-state index contributed by atoms with van der Waals surface area (Å²) in [6.45, 7) is 0. The van der Waals surface area contributed by atoms with Crippen LogP contribution in [0, 0.1) is 5.92 Å². The highest BCUT2D eigenvalue weighted by Gasteiger charge is 2.56. The van der Waals surface area contributed by atoms with E-state index in [0.29, 0.717) is 28.5 Å². The van der Waals surface area contributed by atoms with Crippen molar-refractivity contribution in [2.45, 2.75) is 6.10 Å². The van der Waals surface area contributed by atoms with Crippen LogP contribution in [0.5, 0.6) is 11.5 Å². The van der Waals surface area contributed by atoms with Crippen molar-refractivity contribution >= 4 is 23.2 Å². The van der Waals surface area contributed by atoms with E-state index < -0.39 is 17.9 Å². The molecule has 132 valence electrons. The molecule has 4 rings (SSSR count). The van der Waals surface area contributed by atoms with Crippen LogP contribution in [0.1, 0.15) is 5.56 Å². The molecular weight excluding hydrogens is 336 g/mol. The number of imide groups is 1. The number of hydrogen-bond acceptors (Lipinski definition) is 6. The Balaban J connectivity index is 1.72. The Kier molecular flexibility index (Phi) is 3.84. The Hall–Kier alpha value is -3.35. The minimum atomic E-state index is -0.954. The number of anilines is 1. The van der Waals surface area contributed by atoms with Crippen molar-refractivity contribution in [2.24, 2.45) is 11.1 Å². The van der Waals surface area contributed by atoms with E-state index in [1.165, 1.54) is 7.11 Å². The zero-order chi connectivity index (χ0) is 18.3. The zero-order valence-corrected chi connectivity index (χ0v) is 14.2. The standard InChI is InChI=1S/C19H16N2O5/c1-24-12-8-9-13(14(10-12)25-2)16-15-17(26-20-16)19(23)21(18(15)22)11-6-4-3-5-7-11/h3-10,15,17H,1-2H3/t15-,17+/m0/s1. The predicted octanol–water partition coefficient (Wildman–Crippen LogP) is 2.00. The molecule has 2 aromatic rings. The van der Waals surface area contributed by atoms with Gasteiger partial charge in [-0.3, -0.25) is 9.59 Å². The van der Waals surface area contributed by atoms with E-state index in [4.69, 9.17) is 14.3 Å². The summed E-state index contributed by atoms with van der Waals surface area (Å²) in [6, 6.07) is 14.0. The van der Waals surface area contributed by atoms with Crippen molar-refractivity contribution < 1.29 is 23.9 Å². The van der Waals surface area contributed by atoms with Crippen molar-refractivity contribution in [1.82, 2.24) is 0 Å². The summed E-state index contributed by atoms with van der Waals surface area (Å²) in [5, 5.41) is 4.01. The van der Waals surface area contributed by atoms with Crippen LogP contribution < -0.4 is 14.4 Å². The Morgan fingerprint density at radius 2 is 1.77 bits per heavy atom. The first-order chi connectivity index (χ1) is 12.7. The SMILES string of the molecule is COc1ccc(C2=NO[C@H]3C(=O)N(c4ccccc4)C(=O)[C@@H]23)c(OC)c1. The summed E-state index contributed by atoms with van der Waals surface area (Å²) in [7, 11) is 3.07. The maximum atomic E-state index is 13.0. The summed E-state index contributed by atoms with van der Waals surface area (Å²) in [4.78, 5) is 32.1. The Morgan fingerprint density at radius 3 is 2.46 bits per heavy atom. The average molecular weight is 352 g/mol. The van der Waals surface area contributed by atoms with E-state index in [2.05, 4.69) is 5.16 Å². The van der Waals surface area contributed by atoms with Gasteiger partial charge in [0.05, 0.1) is 19.9 Å². The van der Waals surface area contributed by atoms with Crippen LogP contribution in [-0.2, 0) is 14.4 Å². The first-order valence-electron chi connectivity index (χ1n) is 8.04. The number of fused-ring (bicyclic) bond motifs is 1. The highest BCUT2D eigenvalue weighted by atomic mass is 16.7. The summed E-state index contributed by atoms with van der Waals surface area (Å²) < 4.78 is 10.6. The van der Waals surface area contributed by atoms with Gasteiger partial charge in [-0.1, -0.05) is 23.4 Å². The fourth-order valence-corrected chi connectivity index (χ4v) is 3.24. The molecule has 2 atom stereocenters. The van der Waals surface area contributed by atoms with E-state index in [0.717, 1.165) is 4.90 Å². The zero-order valence-electron chi connectivity index (χ0n) is 14.2. The van der Waals surface area contributed by atoms with Gasteiger partial charge in [-0.25, -0.2) is 4.90 Å². The molecule has 0 saturated carbocycles. The molecule has 0 aromatic heterocycles. The molecule has 0 radical (unpaired) electrons. The molecule has 0 spiro atoms. The summed E-state index contributed by atoms with van der Waals surface area (Å²) >= 11 is 0. The van der Waals surface area contributed by atoms with Gasteiger partial charge in [0, 0.05) is 11.6 Å². The lowest BCUT2D eigenvalue weighted by Gasteiger charge is -2.16. The van der Waals surface area contributed by atoms with Crippen LogP contribution in [0.2, 0.25) is 0 Å². The normalized spacial score (nSPS) is 21.3. The molecule has 2 amide bonds. The van der Waals surface area contributed by atoms with Crippen molar-refractivity contribution in [3.05, 3.63) is 54.1 Å². The smallest absolute Gasteiger partial charge is 0.278 e. The molecule has 7 heteroatoms. The highest BCUT2D eigenvalue weighted by Crippen LogP contribution is 2.37. The number of carbonyl (C=O) groups is 2. The highest BCUT2D eigenvalue weighted by molar-refractivity contribution is 6.32. The van der Waals surface area contributed by atoms with Crippen LogP contribution in [0.3, 0.4) is 0 Å². The molecule has 0 aliphatic carbocycles. The fraction of sp³-hybridized carbons (Fsp3) is 0.211. The lowest BCUT2D eigenvalue weighted by Crippen LogP contribution is -2.33. The van der Waals surface area contributed by atoms with Gasteiger partial charge in [-0.15, -0.1) is 0 Å². The molecule has 1 saturated heterocycles. The first kappa shape index (κ1) is 16.1. The third-order valence-corrected chi connectivity index (χ3v) is 4.51. The number of hydrogen-bond donors (Lipinski definition) is 0. The van der Waals surface area contributed by atoms with E-state index in [1.807, 2.05) is 6.07 Å². The summed E-state index contributed by atoms with van der Waals surface area (Å²) in [5.74, 6) is -0.477. The molecule has 0 unspecified atom stereocenters. The topological polar surface area (TPSA) is 77.4 Å². The van der Waals surface area contributed by atoms with Gasteiger partial charge in [-0.05, 0) is 24.3 Å². The molecule has 2 aliphatic rings. The van der Waals surface area contributed by atoms with Crippen molar-refractivity contribution in [3.8, 4) is 11.5 Å². The number of methoxy groups -OCH3 is 2. The number of benzene rings is 2. The van der Waals surface area contributed by atoms with E-state index in [-0.39, 0.29) is 5.91 Å². The predicted molar refractivity (Wildman–Crippen MR) is 93.4 cm³/mol. The molecule has 26 heavy (non-hydrogen) atoms. The molecule has 0 bridgehead atoms. The number of ether oxygens (including phenoxy) is 2. The van der Waals surface area contributed by atoms with Crippen molar-refractivity contribution in [1.29, 1.82) is 0 Å². The van der Waals surface area contributed by atoms with Gasteiger partial charge in [-0.2, -0.15) is 0 Å². The number of oxime groups is 1. The Morgan fingerprint density at radius 1 is 1.00 bits per heavy atom. The second-order valence-electron chi connectivity index (χ2n) is 5.89. The number of para-hydroxylation sites is 1. The number of rotatable bonds is 4. The van der Waals surface area contributed by atoms with Gasteiger partial charge in [0.1, 0.15) is 23.1 Å². The molecule has 2 aromatic carbocycles. The molecule has 2 heterocycles. The number of nitrogens with zero attached hydrogens (tertiary/aromatic N) is 2. The van der Waals surface area contributed by atoms with E-state index in [1.54, 1.807) is 49.6 Å². The van der Waals surface area contributed by atoms with E-state index >= 15 is 0 Å². The minimum absolute atomic E-state index is 0.361. The maximum Gasteiger partial charge on any atom is 0.278 e. The van der Waals surface area contributed by atoms with Gasteiger partial charge < -0.3 is 14.3 Å². The molecule has 0 N–H and O–H groups in total. The van der Waals surface area contributed by atoms with Gasteiger partial charge in [0.25, 0.3) is 5.91 Å². The molecule has 2 aliphatic heterocycles. The van der Waals surface area contributed by atoms with Crippen LogP contribution in [-0.4, -0.2) is 37.8 Å². The van der Waals surface area contributed by atoms with Gasteiger partial charge in [0.2, 0.25) is 12.0 Å². The van der Waals surface area contributed by atoms with Crippen LogP contribution in [0.4, 0.5) is 5.69 Å². The summed E-state index contributed by atoms with van der Waals surface area (Å²) in [6.07, 6.45) is -0.954. The maximum absolute atomic E-state index is 13.0. The fourth-order valence-electron chi connectivity index (χ4n) is 3.24. The quantitative estimate of drug-likeness (QED) is 0.787. The third kappa shape index (κ3) is 2.32. The van der Waals surface area contributed by atoms with Crippen molar-refractivity contribution in [2.75, 3.05) is 19.1 Å². The number of amides is 2. The van der Waals surface area contributed by atoms with E-state index in [9.17, 15) is 9.59 Å². The number of carbonyl (C=O) groups excluding carboxylic acids is 2. The van der Waals surface area contributed by atoms with Crippen molar-refractivity contribution in [3.63, 3.8) is 0 Å². The summed E-state index contributed by atoms with van der Waals surface area (Å²) in [5.41, 5.74) is 1.49. The Bertz CT molecular complexity index is 909. The second kappa shape index (κ2) is 6.18. The largest absolute Gasteiger partial charge is 0.497 e. The van der Waals surface area contributed by atoms with Gasteiger partial charge in [0.15, 0.2) is 0 Å². The monoisotopic (exact) mass is 352 g/mol. The lowest BCUT2D eigenvalue weighted by atomic mass is 9.93. The molecule has 7 nitrogen and oxygen atoms in total. The first-order valence-corrected chi connectivity index (χ1v) is 8.04. The van der Waals surface area contributed by atoms with Crippen LogP contribution in [0.25, 0.3) is 0 Å². The second-order valence-corrected chi connectivity index (χ2v) is 5.89. The van der Waals surface area contributed by atoms with Crippen LogP contribution >= 0.6 is 0 Å². The van der Waals surface area contributed by atoms with Crippen LogP contribution in [0.15, 0.2) is 53.7 Å².